The molecule has 0 N–H and O–H groups in total. The minimum absolute atomic E-state index is 0.880. The van der Waals surface area contributed by atoms with Gasteiger partial charge in [-0.05, 0) is 54.2 Å². The fourth-order valence-electron chi connectivity index (χ4n) is 2.25. The van der Waals surface area contributed by atoms with Crippen molar-refractivity contribution < 1.29 is 0 Å². The van der Waals surface area contributed by atoms with E-state index in [9.17, 15) is 0 Å². The van der Waals surface area contributed by atoms with Crippen LogP contribution in [0.5, 0.6) is 0 Å². The number of hydrogen-bond donors (Lipinski definition) is 0. The van der Waals surface area contributed by atoms with Gasteiger partial charge < -0.3 is 0 Å². The topological polar surface area (TPSA) is 0 Å². The van der Waals surface area contributed by atoms with Crippen LogP contribution < -0.4 is 0 Å². The minimum Gasteiger partial charge on any atom is -0.0817 e. The summed E-state index contributed by atoms with van der Waals surface area (Å²) in [6, 6.07) is 0. The fourth-order valence-corrected chi connectivity index (χ4v) is 11.3. The Bertz CT molecular complexity index is 199. The highest BCUT2D eigenvalue weighted by atomic mass is 33.8. The van der Waals surface area contributed by atoms with Crippen molar-refractivity contribution in [1.82, 2.24) is 0 Å². The molecule has 0 aromatic carbocycles. The zero-order valence-corrected chi connectivity index (χ0v) is 19.8. The second-order valence-corrected chi connectivity index (χ2v) is 15.1. The van der Waals surface area contributed by atoms with Crippen LogP contribution in [0, 0.1) is 11.8 Å². The molecule has 0 aromatic rings. The lowest BCUT2D eigenvalue weighted by Gasteiger charge is -2.04. The SMILES string of the molecule is CC(C)CCCCCCSSSSSCCCCCCC(C)C. The van der Waals surface area contributed by atoms with Crippen LogP contribution in [0.3, 0.4) is 0 Å². The fraction of sp³-hybridized carbons (Fsp3) is 1.00. The van der Waals surface area contributed by atoms with Crippen molar-refractivity contribution in [2.75, 3.05) is 11.5 Å². The molecule has 23 heavy (non-hydrogen) atoms. The molecule has 0 aromatic heterocycles. The lowest BCUT2D eigenvalue weighted by Crippen LogP contribution is -1.87. The lowest BCUT2D eigenvalue weighted by molar-refractivity contribution is 0.525. The number of hydrogen-bond acceptors (Lipinski definition) is 5. The Labute approximate surface area is 165 Å². The minimum atomic E-state index is 0.880. The second kappa shape index (κ2) is 20.1. The molecule has 0 aliphatic rings. The smallest absolute Gasteiger partial charge is 0.00454 e. The highest BCUT2D eigenvalue weighted by Gasteiger charge is 1.98. The second-order valence-electron chi connectivity index (χ2n) is 7.04. The molecular formula is C18H38S5. The van der Waals surface area contributed by atoms with Crippen LogP contribution >= 0.6 is 51.1 Å². The quantitative estimate of drug-likeness (QED) is 0.161. The van der Waals surface area contributed by atoms with Gasteiger partial charge in [0, 0.05) is 11.5 Å². The van der Waals surface area contributed by atoms with Crippen LogP contribution in [0.25, 0.3) is 0 Å². The monoisotopic (exact) mass is 414 g/mol. The zero-order valence-electron chi connectivity index (χ0n) is 15.7. The summed E-state index contributed by atoms with van der Waals surface area (Å²) in [5, 5.41) is 0. The molecule has 0 bridgehead atoms. The molecule has 0 saturated carbocycles. The van der Waals surface area contributed by atoms with Crippen molar-refractivity contribution in [1.29, 1.82) is 0 Å². The van der Waals surface area contributed by atoms with Gasteiger partial charge in [-0.2, -0.15) is 0 Å². The maximum absolute atomic E-state index is 2.33. The Morgan fingerprint density at radius 3 is 1.26 bits per heavy atom. The Morgan fingerprint density at radius 2 is 0.870 bits per heavy atom. The van der Waals surface area contributed by atoms with Crippen LogP contribution in [0.4, 0.5) is 0 Å². The molecule has 0 aliphatic heterocycles. The highest BCUT2D eigenvalue weighted by Crippen LogP contribution is 2.48. The maximum atomic E-state index is 2.33. The van der Waals surface area contributed by atoms with Crippen molar-refractivity contribution in [2.24, 2.45) is 11.8 Å². The summed E-state index contributed by atoms with van der Waals surface area (Å²) in [6.07, 6.45) is 14.1. The van der Waals surface area contributed by atoms with Gasteiger partial charge in [0.2, 0.25) is 0 Å². The number of unbranched alkanes of at least 4 members (excludes halogenated alkanes) is 6. The van der Waals surface area contributed by atoms with Crippen LogP contribution in [0.2, 0.25) is 0 Å². The van der Waals surface area contributed by atoms with Gasteiger partial charge in [0.25, 0.3) is 0 Å². The summed E-state index contributed by atoms with van der Waals surface area (Å²) < 4.78 is 0. The van der Waals surface area contributed by atoms with E-state index in [0.29, 0.717) is 0 Å². The third-order valence-corrected chi connectivity index (χ3v) is 12.5. The molecule has 0 nitrogen and oxygen atoms in total. The molecule has 0 aliphatic carbocycles. The largest absolute Gasteiger partial charge is 0.0817 e. The van der Waals surface area contributed by atoms with E-state index in [4.69, 9.17) is 0 Å². The van der Waals surface area contributed by atoms with Gasteiger partial charge in [-0.25, -0.2) is 0 Å². The maximum Gasteiger partial charge on any atom is 0.00454 e. The first-order valence-electron chi connectivity index (χ1n) is 9.37. The van der Waals surface area contributed by atoms with E-state index in [0.717, 1.165) is 11.8 Å². The van der Waals surface area contributed by atoms with Crippen LogP contribution in [0.15, 0.2) is 0 Å². The van der Waals surface area contributed by atoms with Crippen molar-refractivity contribution in [3.8, 4) is 0 Å². The molecule has 0 atom stereocenters. The summed E-state index contributed by atoms with van der Waals surface area (Å²) in [4.78, 5) is 0. The summed E-state index contributed by atoms with van der Waals surface area (Å²) in [6.45, 7) is 9.30. The molecule has 0 unspecified atom stereocenters. The molecule has 5 heteroatoms. The molecule has 0 rings (SSSR count). The molecule has 0 fully saturated rings. The first-order chi connectivity index (χ1) is 11.1. The van der Waals surface area contributed by atoms with Crippen molar-refractivity contribution in [2.45, 2.75) is 91.9 Å². The molecule has 140 valence electrons. The Kier molecular flexibility index (Phi) is 21.6. The third kappa shape index (κ3) is 23.8. The predicted octanol–water partition coefficient (Wildman–Crippen LogP) is 9.53. The summed E-state index contributed by atoms with van der Waals surface area (Å²) >= 11 is 0. The van der Waals surface area contributed by atoms with E-state index >= 15 is 0 Å². The third-order valence-electron chi connectivity index (χ3n) is 3.67. The number of rotatable bonds is 18. The average molecular weight is 415 g/mol. The van der Waals surface area contributed by atoms with Gasteiger partial charge in [0.15, 0.2) is 0 Å². The van der Waals surface area contributed by atoms with Crippen molar-refractivity contribution >= 4 is 51.1 Å². The molecule has 0 spiro atoms. The van der Waals surface area contributed by atoms with E-state index < -0.39 is 0 Å². The van der Waals surface area contributed by atoms with Crippen molar-refractivity contribution in [3.63, 3.8) is 0 Å². The van der Waals surface area contributed by atoms with Gasteiger partial charge in [-0.3, -0.25) is 0 Å². The van der Waals surface area contributed by atoms with Gasteiger partial charge in [0.1, 0.15) is 0 Å². The van der Waals surface area contributed by atoms with Gasteiger partial charge >= 0.3 is 0 Å². The first kappa shape index (κ1) is 24.8. The highest BCUT2D eigenvalue weighted by molar-refractivity contribution is 9.35. The predicted molar refractivity (Wildman–Crippen MR) is 124 cm³/mol. The Morgan fingerprint density at radius 1 is 0.478 bits per heavy atom. The van der Waals surface area contributed by atoms with Gasteiger partial charge in [0.05, 0.1) is 0 Å². The average Bonchev–Trinajstić information content (AvgIpc) is 2.49. The van der Waals surface area contributed by atoms with Gasteiger partial charge in [-0.1, -0.05) is 101 Å². The van der Waals surface area contributed by atoms with E-state index in [-0.39, 0.29) is 0 Å². The zero-order chi connectivity index (χ0) is 17.2. The summed E-state index contributed by atoms with van der Waals surface area (Å²) in [7, 11) is 9.98. The molecular weight excluding hydrogens is 377 g/mol. The Hall–Kier alpha value is 1.75. The molecule has 0 amide bonds. The Balaban J connectivity index is 2.97. The standard InChI is InChI=1S/C18H38S5/c1-17(2)13-9-5-7-11-15-19-21-23-22-20-16-12-8-6-10-14-18(3)4/h17-18H,5-16H2,1-4H3. The normalized spacial score (nSPS) is 11.7. The van der Waals surface area contributed by atoms with E-state index in [1.807, 2.05) is 51.1 Å². The van der Waals surface area contributed by atoms with E-state index in [2.05, 4.69) is 27.7 Å². The van der Waals surface area contributed by atoms with E-state index in [1.165, 1.54) is 75.7 Å². The summed E-state index contributed by atoms with van der Waals surface area (Å²) in [5.74, 6) is 4.40. The molecule has 0 heterocycles. The molecule has 0 radical (unpaired) electrons. The van der Waals surface area contributed by atoms with Crippen LogP contribution in [-0.4, -0.2) is 11.5 Å². The van der Waals surface area contributed by atoms with Crippen molar-refractivity contribution in [3.05, 3.63) is 0 Å². The summed E-state index contributed by atoms with van der Waals surface area (Å²) in [5.41, 5.74) is 0. The first-order valence-corrected chi connectivity index (χ1v) is 15.9. The molecule has 0 saturated heterocycles. The van der Waals surface area contributed by atoms with Crippen LogP contribution in [0.1, 0.15) is 91.9 Å². The van der Waals surface area contributed by atoms with E-state index in [1.54, 1.807) is 0 Å². The lowest BCUT2D eigenvalue weighted by atomic mass is 10.0. The van der Waals surface area contributed by atoms with Gasteiger partial charge in [-0.15, -0.1) is 0 Å². The van der Waals surface area contributed by atoms with Crippen LogP contribution in [-0.2, 0) is 0 Å².